The first-order valence-corrected chi connectivity index (χ1v) is 12.8. The number of nitrogens with zero attached hydrogens (tertiary/aromatic N) is 2. The van der Waals surface area contributed by atoms with Gasteiger partial charge in [-0.25, -0.2) is 0 Å². The molecule has 2 atom stereocenters. The van der Waals surface area contributed by atoms with Crippen molar-refractivity contribution in [3.8, 4) is 17.2 Å². The van der Waals surface area contributed by atoms with Crippen LogP contribution in [-0.2, 0) is 14.3 Å². The molecule has 0 saturated heterocycles. The van der Waals surface area contributed by atoms with Crippen molar-refractivity contribution in [2.45, 2.75) is 31.5 Å². The number of aliphatic carboxylic acids is 1. The summed E-state index contributed by atoms with van der Waals surface area (Å²) in [5.74, 6) is 0.205. The number of aromatic nitrogens is 1. The molecule has 1 amide bonds. The number of carboxylic acids is 1. The lowest BCUT2D eigenvalue weighted by molar-refractivity contribution is -0.136. The summed E-state index contributed by atoms with van der Waals surface area (Å²) in [6.07, 6.45) is 3.32. The molecule has 8 nitrogen and oxygen atoms in total. The standard InChI is InChI=1S/C29H29ClN2O6/c1-36-24-7-3-5-20(29(24)37-2)28-21-16-19(30)8-9-22(21)32-12-4-6-23(32)25(38-28)17-26(33)31-13-10-18(11-14-31)15-27(34)35/h3-10,12,16,25,28H,11,13-15,17H2,1-2H3,(H,34,35)/t25-,28-/m1/s1. The van der Waals surface area contributed by atoms with E-state index in [9.17, 15) is 9.59 Å². The molecule has 2 aromatic carbocycles. The van der Waals surface area contributed by atoms with Crippen molar-refractivity contribution in [2.24, 2.45) is 0 Å². The van der Waals surface area contributed by atoms with Gasteiger partial charge in [-0.15, -0.1) is 0 Å². The molecule has 2 aliphatic rings. The van der Waals surface area contributed by atoms with Gasteiger partial charge >= 0.3 is 5.97 Å². The number of ether oxygens (including phenoxy) is 3. The number of rotatable bonds is 7. The van der Waals surface area contributed by atoms with Gasteiger partial charge in [0.15, 0.2) is 11.5 Å². The minimum atomic E-state index is -0.859. The number of hydrogen-bond donors (Lipinski definition) is 1. The number of halogens is 1. The van der Waals surface area contributed by atoms with Crippen LogP contribution in [0.5, 0.6) is 11.5 Å². The van der Waals surface area contributed by atoms with E-state index in [1.807, 2.05) is 65.4 Å². The molecule has 5 rings (SSSR count). The second-order valence-corrected chi connectivity index (χ2v) is 9.76. The molecule has 0 radical (unpaired) electrons. The summed E-state index contributed by atoms with van der Waals surface area (Å²) in [7, 11) is 3.17. The zero-order valence-corrected chi connectivity index (χ0v) is 22.0. The summed E-state index contributed by atoms with van der Waals surface area (Å²) < 4.78 is 20.1. The molecule has 0 saturated carbocycles. The van der Waals surface area contributed by atoms with Gasteiger partial charge in [-0.1, -0.05) is 35.4 Å². The van der Waals surface area contributed by atoms with E-state index in [4.69, 9.17) is 30.9 Å². The number of para-hydroxylation sites is 1. The van der Waals surface area contributed by atoms with Gasteiger partial charge in [-0.3, -0.25) is 9.59 Å². The highest BCUT2D eigenvalue weighted by Crippen LogP contribution is 2.46. The van der Waals surface area contributed by atoms with E-state index in [0.29, 0.717) is 36.0 Å². The van der Waals surface area contributed by atoms with Crippen LogP contribution in [-0.4, -0.2) is 53.8 Å². The Bertz CT molecular complexity index is 1400. The van der Waals surface area contributed by atoms with Crippen LogP contribution < -0.4 is 9.47 Å². The highest BCUT2D eigenvalue weighted by molar-refractivity contribution is 6.30. The predicted octanol–water partition coefficient (Wildman–Crippen LogP) is 5.33. The first-order valence-electron chi connectivity index (χ1n) is 12.4. The van der Waals surface area contributed by atoms with Gasteiger partial charge in [0, 0.05) is 35.4 Å². The molecule has 38 heavy (non-hydrogen) atoms. The van der Waals surface area contributed by atoms with Crippen molar-refractivity contribution in [3.63, 3.8) is 0 Å². The third-order valence-corrected chi connectivity index (χ3v) is 7.29. The fraction of sp³-hybridized carbons (Fsp3) is 0.310. The Hall–Kier alpha value is -3.75. The van der Waals surface area contributed by atoms with E-state index >= 15 is 0 Å². The summed E-state index contributed by atoms with van der Waals surface area (Å²) in [5.41, 5.74) is 4.20. The van der Waals surface area contributed by atoms with Crippen molar-refractivity contribution >= 4 is 23.5 Å². The first-order chi connectivity index (χ1) is 18.4. The molecule has 1 N–H and O–H groups in total. The molecule has 1 aromatic heterocycles. The number of fused-ring (bicyclic) bond motifs is 3. The Balaban J connectivity index is 1.52. The van der Waals surface area contributed by atoms with Crippen molar-refractivity contribution in [1.82, 2.24) is 9.47 Å². The lowest BCUT2D eigenvalue weighted by Crippen LogP contribution is -2.36. The number of amides is 1. The fourth-order valence-corrected chi connectivity index (χ4v) is 5.41. The van der Waals surface area contributed by atoms with Gasteiger partial charge in [-0.05, 0) is 42.8 Å². The molecule has 3 aromatic rings. The average molecular weight is 537 g/mol. The number of carbonyl (C=O) groups is 2. The van der Waals surface area contributed by atoms with Crippen LogP contribution in [0.2, 0.25) is 5.02 Å². The second-order valence-electron chi connectivity index (χ2n) is 9.32. The Morgan fingerprint density at radius 1 is 1.11 bits per heavy atom. The summed E-state index contributed by atoms with van der Waals surface area (Å²) in [4.78, 5) is 26.3. The second kappa shape index (κ2) is 10.9. The van der Waals surface area contributed by atoms with Crippen molar-refractivity contribution in [1.29, 1.82) is 0 Å². The van der Waals surface area contributed by atoms with Crippen molar-refractivity contribution < 1.29 is 28.9 Å². The van der Waals surface area contributed by atoms with E-state index in [0.717, 1.165) is 28.1 Å². The molecule has 0 spiro atoms. The number of methoxy groups -OCH3 is 2. The lowest BCUT2D eigenvalue weighted by Gasteiger charge is -2.29. The quantitative estimate of drug-likeness (QED) is 0.410. The molecule has 0 aliphatic carbocycles. The Labute approximate surface area is 226 Å². The molecule has 0 fully saturated rings. The zero-order chi connectivity index (χ0) is 26.8. The Morgan fingerprint density at radius 2 is 1.95 bits per heavy atom. The molecular weight excluding hydrogens is 508 g/mol. The van der Waals surface area contributed by atoms with Gasteiger partial charge in [0.2, 0.25) is 5.91 Å². The van der Waals surface area contributed by atoms with Gasteiger partial charge in [0.05, 0.1) is 38.4 Å². The summed E-state index contributed by atoms with van der Waals surface area (Å²) in [6, 6.07) is 15.2. The van der Waals surface area contributed by atoms with Crippen LogP contribution in [0, 0.1) is 0 Å². The highest BCUT2D eigenvalue weighted by atomic mass is 35.5. The van der Waals surface area contributed by atoms with Crippen LogP contribution in [0.1, 0.15) is 48.3 Å². The molecule has 0 unspecified atom stereocenters. The van der Waals surface area contributed by atoms with Crippen LogP contribution in [0.15, 0.2) is 66.4 Å². The van der Waals surface area contributed by atoms with Crippen LogP contribution in [0.25, 0.3) is 5.69 Å². The third-order valence-electron chi connectivity index (χ3n) is 7.05. The van der Waals surface area contributed by atoms with E-state index in [-0.39, 0.29) is 18.7 Å². The maximum Gasteiger partial charge on any atom is 0.307 e. The van der Waals surface area contributed by atoms with Crippen LogP contribution in [0.3, 0.4) is 0 Å². The van der Waals surface area contributed by atoms with E-state index in [1.54, 1.807) is 19.1 Å². The average Bonchev–Trinajstić information content (AvgIpc) is 3.36. The smallest absolute Gasteiger partial charge is 0.307 e. The number of carboxylic acid groups (broad SMARTS) is 1. The van der Waals surface area contributed by atoms with Gasteiger partial charge in [0.25, 0.3) is 0 Å². The maximum absolute atomic E-state index is 13.5. The monoisotopic (exact) mass is 536 g/mol. The third kappa shape index (κ3) is 5.01. The molecule has 9 heteroatoms. The minimum Gasteiger partial charge on any atom is -0.493 e. The lowest BCUT2D eigenvalue weighted by atomic mass is 9.98. The van der Waals surface area contributed by atoms with Crippen LogP contribution >= 0.6 is 11.6 Å². The minimum absolute atomic E-state index is 0.00610. The van der Waals surface area contributed by atoms with Gasteiger partial charge in [0.1, 0.15) is 12.2 Å². The summed E-state index contributed by atoms with van der Waals surface area (Å²) in [5, 5.41) is 9.64. The topological polar surface area (TPSA) is 90.2 Å². The maximum atomic E-state index is 13.5. The molecule has 0 bridgehead atoms. The molecule has 2 aliphatic heterocycles. The SMILES string of the molecule is COc1cccc([C@H]2O[C@H](CC(=O)N3CC=C(CC(=O)O)CC3)c3cccn3-c3ccc(Cl)cc32)c1OC. The van der Waals surface area contributed by atoms with Crippen molar-refractivity contribution in [2.75, 3.05) is 27.3 Å². The Kier molecular flexibility index (Phi) is 7.44. The predicted molar refractivity (Wildman–Crippen MR) is 142 cm³/mol. The van der Waals surface area contributed by atoms with E-state index < -0.39 is 18.2 Å². The summed E-state index contributed by atoms with van der Waals surface area (Å²) >= 11 is 6.46. The van der Waals surface area contributed by atoms with Gasteiger partial charge < -0.3 is 28.8 Å². The number of carbonyl (C=O) groups excluding carboxylic acids is 1. The normalized spacial score (nSPS) is 18.6. The van der Waals surface area contributed by atoms with E-state index in [2.05, 4.69) is 0 Å². The molecule has 198 valence electrons. The zero-order valence-electron chi connectivity index (χ0n) is 21.2. The molecule has 3 heterocycles. The highest BCUT2D eigenvalue weighted by Gasteiger charge is 2.34. The first kappa shape index (κ1) is 25.9. The fourth-order valence-electron chi connectivity index (χ4n) is 5.23. The number of hydrogen-bond acceptors (Lipinski definition) is 5. The summed E-state index contributed by atoms with van der Waals surface area (Å²) in [6.45, 7) is 0.868. The molecular formula is C29H29ClN2O6. The largest absolute Gasteiger partial charge is 0.493 e. The van der Waals surface area contributed by atoms with Gasteiger partial charge in [-0.2, -0.15) is 0 Å². The van der Waals surface area contributed by atoms with E-state index in [1.165, 1.54) is 0 Å². The van der Waals surface area contributed by atoms with Crippen LogP contribution in [0.4, 0.5) is 0 Å². The van der Waals surface area contributed by atoms with Crippen molar-refractivity contribution in [3.05, 3.63) is 88.2 Å². The number of benzene rings is 2. The Morgan fingerprint density at radius 3 is 2.66 bits per heavy atom.